The topological polar surface area (TPSA) is 58.2 Å². The van der Waals surface area contributed by atoms with Crippen molar-refractivity contribution in [1.82, 2.24) is 5.32 Å². The van der Waals surface area contributed by atoms with E-state index in [-0.39, 0.29) is 24.8 Å². The van der Waals surface area contributed by atoms with Crippen LogP contribution in [0.4, 0.5) is 10.1 Å². The second kappa shape index (κ2) is 6.31. The van der Waals surface area contributed by atoms with Crippen LogP contribution in [0.3, 0.4) is 0 Å². The highest BCUT2D eigenvalue weighted by molar-refractivity contribution is 5.91. The molecule has 0 radical (unpaired) electrons. The first kappa shape index (κ1) is 15.1. The van der Waals surface area contributed by atoms with Gasteiger partial charge >= 0.3 is 0 Å². The summed E-state index contributed by atoms with van der Waals surface area (Å²) < 4.78 is 12.9. The van der Waals surface area contributed by atoms with Crippen LogP contribution in [0, 0.1) is 11.2 Å². The minimum atomic E-state index is -0.473. The molecule has 0 atom stereocenters. The number of anilines is 1. The van der Waals surface area contributed by atoms with Gasteiger partial charge in [-0.15, -0.1) is 0 Å². The monoisotopic (exact) mass is 266 g/mol. The number of carbonyl (C=O) groups excluding carboxylic acids is 2. The molecule has 0 fully saturated rings. The average molecular weight is 266 g/mol. The zero-order chi connectivity index (χ0) is 14.5. The fraction of sp³-hybridized carbons (Fsp3) is 0.429. The molecule has 0 heterocycles. The largest absolute Gasteiger partial charge is 0.355 e. The molecule has 0 saturated carbocycles. The molecule has 19 heavy (non-hydrogen) atoms. The van der Waals surface area contributed by atoms with E-state index in [1.807, 2.05) is 0 Å². The molecule has 104 valence electrons. The van der Waals surface area contributed by atoms with E-state index in [0.717, 1.165) is 0 Å². The normalized spacial score (nSPS) is 10.9. The molecule has 0 bridgehead atoms. The molecule has 0 aromatic heterocycles. The summed E-state index contributed by atoms with van der Waals surface area (Å²) >= 11 is 0. The molecule has 1 aromatic carbocycles. The lowest BCUT2D eigenvalue weighted by atomic mass is 9.96. The lowest BCUT2D eigenvalue weighted by Gasteiger charge is -2.17. The van der Waals surface area contributed by atoms with E-state index in [2.05, 4.69) is 10.6 Å². The molecule has 4 nitrogen and oxygen atoms in total. The van der Waals surface area contributed by atoms with Gasteiger partial charge in [0, 0.05) is 24.1 Å². The van der Waals surface area contributed by atoms with Crippen LogP contribution in [0.1, 0.15) is 27.2 Å². The molecule has 0 aliphatic carbocycles. The Labute approximate surface area is 112 Å². The second-order valence-corrected chi connectivity index (χ2v) is 5.31. The molecule has 5 heteroatoms. The Morgan fingerprint density at radius 3 is 2.53 bits per heavy atom. The fourth-order valence-corrected chi connectivity index (χ4v) is 1.34. The number of nitrogens with one attached hydrogen (secondary N) is 2. The molecule has 1 rings (SSSR count). The van der Waals surface area contributed by atoms with Gasteiger partial charge in [-0.3, -0.25) is 9.59 Å². The molecule has 0 spiro atoms. The van der Waals surface area contributed by atoms with E-state index in [4.69, 9.17) is 0 Å². The molecule has 0 unspecified atom stereocenters. The Morgan fingerprint density at radius 2 is 1.95 bits per heavy atom. The summed E-state index contributed by atoms with van der Waals surface area (Å²) in [4.78, 5) is 23.1. The average Bonchev–Trinajstić information content (AvgIpc) is 2.27. The summed E-state index contributed by atoms with van der Waals surface area (Å²) in [5.41, 5.74) is -0.0638. The van der Waals surface area contributed by atoms with Gasteiger partial charge in [0.1, 0.15) is 5.82 Å². The van der Waals surface area contributed by atoms with Crippen molar-refractivity contribution in [3.63, 3.8) is 0 Å². The summed E-state index contributed by atoms with van der Waals surface area (Å²) in [7, 11) is 0. The lowest BCUT2D eigenvalue weighted by molar-refractivity contribution is -0.128. The summed E-state index contributed by atoms with van der Waals surface area (Å²) in [5.74, 6) is -0.773. The highest BCUT2D eigenvalue weighted by Crippen LogP contribution is 2.12. The highest BCUT2D eigenvalue weighted by atomic mass is 19.1. The Hall–Kier alpha value is -1.91. The second-order valence-electron chi connectivity index (χ2n) is 5.31. The summed E-state index contributed by atoms with van der Waals surface area (Å²) in [6.45, 7) is 5.66. The molecule has 0 saturated heterocycles. The standard InChI is InChI=1S/C14H19FN2O2/c1-14(2,3)13(19)16-8-7-12(18)17-11-6-4-5-10(15)9-11/h4-6,9H,7-8H2,1-3H3,(H,16,19)(H,17,18). The zero-order valence-electron chi connectivity index (χ0n) is 11.4. The minimum Gasteiger partial charge on any atom is -0.355 e. The van der Waals surface area contributed by atoms with Crippen molar-refractivity contribution in [1.29, 1.82) is 0 Å². The van der Waals surface area contributed by atoms with Crippen molar-refractivity contribution in [2.75, 3.05) is 11.9 Å². The molecular weight excluding hydrogens is 247 g/mol. The Morgan fingerprint density at radius 1 is 1.26 bits per heavy atom. The van der Waals surface area contributed by atoms with Gasteiger partial charge in [-0.1, -0.05) is 26.8 Å². The van der Waals surface area contributed by atoms with Crippen LogP contribution in [0.25, 0.3) is 0 Å². The molecule has 1 aromatic rings. The SMILES string of the molecule is CC(C)(C)C(=O)NCCC(=O)Nc1cccc(F)c1. The van der Waals surface area contributed by atoms with Gasteiger partial charge in [0.05, 0.1) is 0 Å². The predicted molar refractivity (Wildman–Crippen MR) is 72.1 cm³/mol. The van der Waals surface area contributed by atoms with Crippen LogP contribution in [0.2, 0.25) is 0 Å². The number of benzene rings is 1. The first-order chi connectivity index (χ1) is 8.79. The van der Waals surface area contributed by atoms with Crippen LogP contribution in [0.5, 0.6) is 0 Å². The number of carbonyl (C=O) groups is 2. The summed E-state index contributed by atoms with van der Waals surface area (Å²) in [6.07, 6.45) is 0.151. The van der Waals surface area contributed by atoms with E-state index < -0.39 is 11.2 Å². The van der Waals surface area contributed by atoms with Crippen molar-refractivity contribution in [3.05, 3.63) is 30.1 Å². The molecular formula is C14H19FN2O2. The van der Waals surface area contributed by atoms with E-state index >= 15 is 0 Å². The van der Waals surface area contributed by atoms with Gasteiger partial charge in [-0.2, -0.15) is 0 Å². The van der Waals surface area contributed by atoms with E-state index in [1.165, 1.54) is 18.2 Å². The van der Waals surface area contributed by atoms with Gasteiger partial charge in [0.15, 0.2) is 0 Å². The van der Waals surface area contributed by atoms with Crippen LogP contribution in [-0.2, 0) is 9.59 Å². The number of hydrogen-bond acceptors (Lipinski definition) is 2. The number of halogens is 1. The maximum absolute atomic E-state index is 12.9. The first-order valence-corrected chi connectivity index (χ1v) is 6.13. The van der Waals surface area contributed by atoms with Gasteiger partial charge in [-0.25, -0.2) is 4.39 Å². The summed E-state index contributed by atoms with van der Waals surface area (Å²) in [5, 5.41) is 5.24. The van der Waals surface area contributed by atoms with Gasteiger partial charge in [0.2, 0.25) is 11.8 Å². The quantitative estimate of drug-likeness (QED) is 0.878. The Bertz CT molecular complexity index is 467. The van der Waals surface area contributed by atoms with Gasteiger partial charge in [-0.05, 0) is 18.2 Å². The van der Waals surface area contributed by atoms with Gasteiger partial charge < -0.3 is 10.6 Å². The van der Waals surface area contributed by atoms with Crippen LogP contribution >= 0.6 is 0 Å². The minimum absolute atomic E-state index is 0.106. The van der Waals surface area contributed by atoms with Crippen molar-refractivity contribution in [2.24, 2.45) is 5.41 Å². The lowest BCUT2D eigenvalue weighted by Crippen LogP contribution is -2.36. The van der Waals surface area contributed by atoms with Crippen molar-refractivity contribution < 1.29 is 14.0 Å². The van der Waals surface area contributed by atoms with Crippen LogP contribution in [0.15, 0.2) is 24.3 Å². The van der Waals surface area contributed by atoms with Gasteiger partial charge in [0.25, 0.3) is 0 Å². The summed E-state index contributed by atoms with van der Waals surface area (Å²) in [6, 6.07) is 5.67. The van der Waals surface area contributed by atoms with Crippen LogP contribution in [-0.4, -0.2) is 18.4 Å². The molecule has 2 amide bonds. The first-order valence-electron chi connectivity index (χ1n) is 6.13. The predicted octanol–water partition coefficient (Wildman–Crippen LogP) is 2.32. The molecule has 2 N–H and O–H groups in total. The zero-order valence-corrected chi connectivity index (χ0v) is 11.4. The van der Waals surface area contributed by atoms with Crippen molar-refractivity contribution in [3.8, 4) is 0 Å². The molecule has 0 aliphatic rings. The third-order valence-electron chi connectivity index (χ3n) is 2.43. The molecule has 0 aliphatic heterocycles. The number of amides is 2. The number of rotatable bonds is 4. The highest BCUT2D eigenvalue weighted by Gasteiger charge is 2.20. The third-order valence-corrected chi connectivity index (χ3v) is 2.43. The maximum Gasteiger partial charge on any atom is 0.226 e. The smallest absolute Gasteiger partial charge is 0.226 e. The van der Waals surface area contributed by atoms with Crippen molar-refractivity contribution in [2.45, 2.75) is 27.2 Å². The maximum atomic E-state index is 12.9. The van der Waals surface area contributed by atoms with E-state index in [1.54, 1.807) is 26.8 Å². The fourth-order valence-electron chi connectivity index (χ4n) is 1.34. The Balaban J connectivity index is 2.35. The Kier molecular flexibility index (Phi) is 5.03. The van der Waals surface area contributed by atoms with E-state index in [9.17, 15) is 14.0 Å². The number of hydrogen-bond donors (Lipinski definition) is 2. The van der Waals surface area contributed by atoms with Crippen molar-refractivity contribution >= 4 is 17.5 Å². The third kappa shape index (κ3) is 5.50. The van der Waals surface area contributed by atoms with Crippen LogP contribution < -0.4 is 10.6 Å². The van der Waals surface area contributed by atoms with E-state index in [0.29, 0.717) is 5.69 Å².